The summed E-state index contributed by atoms with van der Waals surface area (Å²) < 4.78 is 11.6. The maximum atomic E-state index is 6.02. The van der Waals surface area contributed by atoms with Crippen molar-refractivity contribution in [3.63, 3.8) is 0 Å². The minimum atomic E-state index is -0.0164. The first-order valence-electron chi connectivity index (χ1n) is 6.51. The molecule has 2 aliphatic heterocycles. The Bertz CT molecular complexity index is 216. The van der Waals surface area contributed by atoms with Gasteiger partial charge in [-0.2, -0.15) is 0 Å². The number of rotatable bonds is 2. The second-order valence-electron chi connectivity index (χ2n) is 5.87. The average molecular weight is 227 g/mol. The van der Waals surface area contributed by atoms with Gasteiger partial charge in [-0.1, -0.05) is 13.8 Å². The lowest BCUT2D eigenvalue weighted by molar-refractivity contribution is -0.150. The fourth-order valence-corrected chi connectivity index (χ4v) is 3.02. The fourth-order valence-electron chi connectivity index (χ4n) is 3.02. The van der Waals surface area contributed by atoms with Crippen molar-refractivity contribution < 1.29 is 9.47 Å². The van der Waals surface area contributed by atoms with Crippen LogP contribution >= 0.6 is 0 Å². The van der Waals surface area contributed by atoms with Gasteiger partial charge in [0.2, 0.25) is 0 Å². The largest absolute Gasteiger partial charge is 0.376 e. The van der Waals surface area contributed by atoms with Crippen LogP contribution in [0.15, 0.2) is 0 Å². The van der Waals surface area contributed by atoms with Crippen molar-refractivity contribution in [2.45, 2.75) is 51.8 Å². The molecule has 2 aliphatic rings. The molecule has 3 nitrogen and oxygen atoms in total. The minimum absolute atomic E-state index is 0.0164. The molecule has 3 heteroatoms. The van der Waals surface area contributed by atoms with Gasteiger partial charge in [0.1, 0.15) is 5.60 Å². The van der Waals surface area contributed by atoms with Crippen molar-refractivity contribution in [2.75, 3.05) is 26.4 Å². The lowest BCUT2D eigenvalue weighted by Gasteiger charge is -2.34. The highest BCUT2D eigenvalue weighted by atomic mass is 16.6. The highest BCUT2D eigenvalue weighted by Crippen LogP contribution is 2.36. The van der Waals surface area contributed by atoms with Crippen molar-refractivity contribution in [3.8, 4) is 0 Å². The molecule has 16 heavy (non-hydrogen) atoms. The van der Waals surface area contributed by atoms with Crippen LogP contribution in [0, 0.1) is 5.92 Å². The molecule has 0 bridgehead atoms. The van der Waals surface area contributed by atoms with Crippen LogP contribution in [0.3, 0.4) is 0 Å². The number of hydrogen-bond donors (Lipinski definition) is 0. The summed E-state index contributed by atoms with van der Waals surface area (Å²) >= 11 is 0. The third-order valence-electron chi connectivity index (χ3n) is 3.91. The molecule has 0 aromatic rings. The van der Waals surface area contributed by atoms with E-state index in [9.17, 15) is 0 Å². The lowest BCUT2D eigenvalue weighted by Crippen LogP contribution is -2.46. The summed E-state index contributed by atoms with van der Waals surface area (Å²) in [7, 11) is 0. The highest BCUT2D eigenvalue weighted by molar-refractivity contribution is 5.00. The molecule has 2 fully saturated rings. The number of hydrogen-bond acceptors (Lipinski definition) is 3. The van der Waals surface area contributed by atoms with E-state index in [0.29, 0.717) is 18.0 Å². The van der Waals surface area contributed by atoms with E-state index in [1.165, 1.54) is 0 Å². The van der Waals surface area contributed by atoms with Crippen LogP contribution in [0.4, 0.5) is 0 Å². The summed E-state index contributed by atoms with van der Waals surface area (Å²) in [5, 5.41) is 0. The molecule has 94 valence electrons. The predicted octanol–water partition coefficient (Wildman–Crippen LogP) is 1.91. The Morgan fingerprint density at radius 3 is 2.38 bits per heavy atom. The Kier molecular flexibility index (Phi) is 3.57. The Labute approximate surface area is 99.1 Å². The van der Waals surface area contributed by atoms with Gasteiger partial charge in [-0.3, -0.25) is 4.90 Å². The summed E-state index contributed by atoms with van der Waals surface area (Å²) in [6.45, 7) is 12.5. The fraction of sp³-hybridized carbons (Fsp3) is 1.00. The summed E-state index contributed by atoms with van der Waals surface area (Å²) in [5.41, 5.74) is -0.0164. The Morgan fingerprint density at radius 1 is 1.19 bits per heavy atom. The molecule has 2 atom stereocenters. The van der Waals surface area contributed by atoms with Crippen LogP contribution in [-0.2, 0) is 9.47 Å². The first-order chi connectivity index (χ1) is 7.54. The zero-order valence-corrected chi connectivity index (χ0v) is 11.0. The SMILES string of the molecule is CC(C)C1CC2(COCCO2)CN1C(C)C. The van der Waals surface area contributed by atoms with E-state index in [2.05, 4.69) is 32.6 Å². The average Bonchev–Trinajstić information content (AvgIpc) is 2.59. The van der Waals surface area contributed by atoms with E-state index in [0.717, 1.165) is 32.8 Å². The van der Waals surface area contributed by atoms with Crippen molar-refractivity contribution in [1.82, 2.24) is 4.90 Å². The van der Waals surface area contributed by atoms with Crippen molar-refractivity contribution in [3.05, 3.63) is 0 Å². The zero-order valence-electron chi connectivity index (χ0n) is 11.0. The molecule has 0 saturated carbocycles. The van der Waals surface area contributed by atoms with Gasteiger partial charge in [0, 0.05) is 18.6 Å². The Balaban J connectivity index is 2.10. The van der Waals surface area contributed by atoms with Crippen LogP contribution in [0.2, 0.25) is 0 Å². The predicted molar refractivity (Wildman–Crippen MR) is 64.6 cm³/mol. The van der Waals surface area contributed by atoms with Gasteiger partial charge in [0.05, 0.1) is 19.8 Å². The molecule has 0 radical (unpaired) electrons. The van der Waals surface area contributed by atoms with Crippen molar-refractivity contribution in [1.29, 1.82) is 0 Å². The second-order valence-corrected chi connectivity index (χ2v) is 5.87. The third kappa shape index (κ3) is 2.27. The molecule has 0 N–H and O–H groups in total. The third-order valence-corrected chi connectivity index (χ3v) is 3.91. The molecule has 2 saturated heterocycles. The monoisotopic (exact) mass is 227 g/mol. The van der Waals surface area contributed by atoms with Gasteiger partial charge in [0.15, 0.2) is 0 Å². The highest BCUT2D eigenvalue weighted by Gasteiger charge is 2.47. The molecular weight excluding hydrogens is 202 g/mol. The van der Waals surface area contributed by atoms with Gasteiger partial charge in [0.25, 0.3) is 0 Å². The number of nitrogens with zero attached hydrogens (tertiary/aromatic N) is 1. The van der Waals surface area contributed by atoms with E-state index < -0.39 is 0 Å². The van der Waals surface area contributed by atoms with Crippen LogP contribution in [-0.4, -0.2) is 49.0 Å². The maximum absolute atomic E-state index is 6.02. The van der Waals surface area contributed by atoms with E-state index >= 15 is 0 Å². The minimum Gasteiger partial charge on any atom is -0.376 e. The standard InChI is InChI=1S/C13H25NO2/c1-10(2)12-7-13(8-14(12)11(3)4)9-15-5-6-16-13/h10-12H,5-9H2,1-4H3. The molecule has 2 heterocycles. The molecule has 2 rings (SSSR count). The van der Waals surface area contributed by atoms with Crippen LogP contribution in [0.25, 0.3) is 0 Å². The first kappa shape index (κ1) is 12.3. The van der Waals surface area contributed by atoms with Crippen molar-refractivity contribution in [2.24, 2.45) is 5.92 Å². The first-order valence-corrected chi connectivity index (χ1v) is 6.51. The summed E-state index contributed by atoms with van der Waals surface area (Å²) in [5.74, 6) is 0.687. The molecule has 2 unspecified atom stereocenters. The Hall–Kier alpha value is -0.120. The van der Waals surface area contributed by atoms with Crippen molar-refractivity contribution >= 4 is 0 Å². The molecule has 1 spiro atoms. The van der Waals surface area contributed by atoms with Crippen LogP contribution in [0.1, 0.15) is 34.1 Å². The van der Waals surface area contributed by atoms with Gasteiger partial charge >= 0.3 is 0 Å². The van der Waals surface area contributed by atoms with Gasteiger partial charge in [-0.15, -0.1) is 0 Å². The summed E-state index contributed by atoms with van der Waals surface area (Å²) in [4.78, 5) is 2.58. The lowest BCUT2D eigenvalue weighted by atomic mass is 9.94. The maximum Gasteiger partial charge on any atom is 0.106 e. The smallest absolute Gasteiger partial charge is 0.106 e. The molecule has 0 amide bonds. The Morgan fingerprint density at radius 2 is 1.94 bits per heavy atom. The molecule has 0 aromatic carbocycles. The van der Waals surface area contributed by atoms with Gasteiger partial charge in [-0.25, -0.2) is 0 Å². The molecule has 0 aromatic heterocycles. The van der Waals surface area contributed by atoms with Gasteiger partial charge in [-0.05, 0) is 26.2 Å². The van der Waals surface area contributed by atoms with E-state index in [1.54, 1.807) is 0 Å². The quantitative estimate of drug-likeness (QED) is 0.719. The summed E-state index contributed by atoms with van der Waals surface area (Å²) in [6, 6.07) is 1.24. The second kappa shape index (κ2) is 4.63. The van der Waals surface area contributed by atoms with Crippen LogP contribution in [0.5, 0.6) is 0 Å². The van der Waals surface area contributed by atoms with E-state index in [-0.39, 0.29) is 5.60 Å². The number of likely N-dealkylation sites (tertiary alicyclic amines) is 1. The normalized spacial score (nSPS) is 36.8. The zero-order chi connectivity index (χ0) is 11.8. The van der Waals surface area contributed by atoms with E-state index in [4.69, 9.17) is 9.47 Å². The summed E-state index contributed by atoms with van der Waals surface area (Å²) in [6.07, 6.45) is 1.13. The van der Waals surface area contributed by atoms with Crippen LogP contribution < -0.4 is 0 Å². The number of ether oxygens (including phenoxy) is 2. The molecule has 0 aliphatic carbocycles. The molecular formula is C13H25NO2. The van der Waals surface area contributed by atoms with E-state index in [1.807, 2.05) is 0 Å². The topological polar surface area (TPSA) is 21.7 Å². The van der Waals surface area contributed by atoms with Gasteiger partial charge < -0.3 is 9.47 Å².